The molecule has 2 aromatic rings. The number of fused-ring (bicyclic) bond motifs is 1. The fourth-order valence-corrected chi connectivity index (χ4v) is 2.15. The van der Waals surface area contributed by atoms with Crippen LogP contribution in [0.4, 0.5) is 0 Å². The molecule has 0 saturated carbocycles. The SMILES string of the molecule is CC.CCc1cc(C)c2c(C)cccc2c1. The standard InChI is InChI=1S/C14H16.C2H6/c1-4-12-8-11(3)14-10(2)6-5-7-13(14)9-12;1-2/h5-9H,4H2,1-3H3;1-2H3. The highest BCUT2D eigenvalue weighted by Gasteiger charge is 2.01. The number of hydrogen-bond donors (Lipinski definition) is 0. The van der Waals surface area contributed by atoms with Crippen LogP contribution in [0.5, 0.6) is 0 Å². The molecule has 0 heteroatoms. The highest BCUT2D eigenvalue weighted by atomic mass is 14.1. The molecule has 2 aromatic carbocycles. The van der Waals surface area contributed by atoms with Gasteiger partial charge < -0.3 is 0 Å². The van der Waals surface area contributed by atoms with E-state index in [-0.39, 0.29) is 0 Å². The van der Waals surface area contributed by atoms with Crippen molar-refractivity contribution in [2.45, 2.75) is 41.0 Å². The molecule has 0 aromatic heterocycles. The second-order valence-electron chi connectivity index (χ2n) is 3.94. The Labute approximate surface area is 99.3 Å². The van der Waals surface area contributed by atoms with Crippen LogP contribution in [0.2, 0.25) is 0 Å². The first kappa shape index (κ1) is 12.8. The summed E-state index contributed by atoms with van der Waals surface area (Å²) in [6, 6.07) is 11.1. The minimum absolute atomic E-state index is 1.12. The van der Waals surface area contributed by atoms with Crippen molar-refractivity contribution in [2.24, 2.45) is 0 Å². The van der Waals surface area contributed by atoms with E-state index in [4.69, 9.17) is 0 Å². The molecule has 0 spiro atoms. The number of aryl methyl sites for hydroxylation is 3. The van der Waals surface area contributed by atoms with Gasteiger partial charge in [-0.25, -0.2) is 0 Å². The lowest BCUT2D eigenvalue weighted by Gasteiger charge is -2.08. The van der Waals surface area contributed by atoms with E-state index in [9.17, 15) is 0 Å². The van der Waals surface area contributed by atoms with Crippen molar-refractivity contribution in [3.63, 3.8) is 0 Å². The van der Waals surface area contributed by atoms with Crippen molar-refractivity contribution < 1.29 is 0 Å². The summed E-state index contributed by atoms with van der Waals surface area (Å²) in [6.07, 6.45) is 1.12. The molecule has 0 aliphatic rings. The van der Waals surface area contributed by atoms with Gasteiger partial charge in [0.15, 0.2) is 0 Å². The van der Waals surface area contributed by atoms with Crippen molar-refractivity contribution >= 4 is 10.8 Å². The molecule has 16 heavy (non-hydrogen) atoms. The lowest BCUT2D eigenvalue weighted by Crippen LogP contribution is -1.87. The molecule has 86 valence electrons. The molecule has 0 nitrogen and oxygen atoms in total. The van der Waals surface area contributed by atoms with Gasteiger partial charge in [0.1, 0.15) is 0 Å². The van der Waals surface area contributed by atoms with Gasteiger partial charge in [-0.2, -0.15) is 0 Å². The molecule has 0 bridgehead atoms. The van der Waals surface area contributed by atoms with Crippen LogP contribution in [0.3, 0.4) is 0 Å². The molecule has 0 N–H and O–H groups in total. The van der Waals surface area contributed by atoms with Gasteiger partial charge in [-0.3, -0.25) is 0 Å². The van der Waals surface area contributed by atoms with Gasteiger partial charge >= 0.3 is 0 Å². The van der Waals surface area contributed by atoms with Crippen molar-refractivity contribution in [2.75, 3.05) is 0 Å². The van der Waals surface area contributed by atoms with Gasteiger partial charge in [-0.15, -0.1) is 0 Å². The maximum absolute atomic E-state index is 2.30. The van der Waals surface area contributed by atoms with Crippen LogP contribution in [0, 0.1) is 13.8 Å². The van der Waals surface area contributed by atoms with Gasteiger partial charge in [-0.1, -0.05) is 51.1 Å². The zero-order chi connectivity index (χ0) is 12.1. The van der Waals surface area contributed by atoms with Gasteiger partial charge in [0.2, 0.25) is 0 Å². The van der Waals surface area contributed by atoms with Crippen molar-refractivity contribution in [3.05, 3.63) is 47.0 Å². The first-order valence-corrected chi connectivity index (χ1v) is 6.21. The summed E-state index contributed by atoms with van der Waals surface area (Å²) >= 11 is 0. The smallest absolute Gasteiger partial charge is 0.0125 e. The number of hydrogen-bond acceptors (Lipinski definition) is 0. The third-order valence-corrected chi connectivity index (χ3v) is 2.85. The Balaban J connectivity index is 0.000000606. The maximum atomic E-state index is 2.30. The quantitative estimate of drug-likeness (QED) is 0.623. The third kappa shape index (κ3) is 2.44. The molecular weight excluding hydrogens is 192 g/mol. The number of benzene rings is 2. The highest BCUT2D eigenvalue weighted by Crippen LogP contribution is 2.24. The molecule has 2 rings (SSSR count). The van der Waals surface area contributed by atoms with Crippen LogP contribution in [0.15, 0.2) is 30.3 Å². The Kier molecular flexibility index (Phi) is 4.54. The minimum atomic E-state index is 1.12. The van der Waals surface area contributed by atoms with Crippen LogP contribution >= 0.6 is 0 Å². The monoisotopic (exact) mass is 214 g/mol. The summed E-state index contributed by atoms with van der Waals surface area (Å²) in [5.74, 6) is 0. The molecule has 0 amide bonds. The first-order valence-electron chi connectivity index (χ1n) is 6.21. The first-order chi connectivity index (χ1) is 7.72. The van der Waals surface area contributed by atoms with Crippen LogP contribution in [0.25, 0.3) is 10.8 Å². The Morgan fingerprint density at radius 1 is 0.938 bits per heavy atom. The Morgan fingerprint density at radius 2 is 1.62 bits per heavy atom. The molecule has 0 aliphatic heterocycles. The molecule has 0 heterocycles. The van der Waals surface area contributed by atoms with E-state index >= 15 is 0 Å². The average Bonchev–Trinajstić information content (AvgIpc) is 2.31. The summed E-state index contributed by atoms with van der Waals surface area (Å²) in [6.45, 7) is 10.6. The van der Waals surface area contributed by atoms with Crippen LogP contribution in [0.1, 0.15) is 37.5 Å². The summed E-state index contributed by atoms with van der Waals surface area (Å²) in [5, 5.41) is 2.80. The van der Waals surface area contributed by atoms with E-state index in [0.29, 0.717) is 0 Å². The van der Waals surface area contributed by atoms with Crippen molar-refractivity contribution in [3.8, 4) is 0 Å². The Bertz CT molecular complexity index is 467. The second-order valence-corrected chi connectivity index (χ2v) is 3.94. The van der Waals surface area contributed by atoms with Crippen LogP contribution in [-0.4, -0.2) is 0 Å². The van der Waals surface area contributed by atoms with E-state index in [1.165, 1.54) is 27.5 Å². The molecule has 0 aliphatic carbocycles. The van der Waals surface area contributed by atoms with E-state index in [2.05, 4.69) is 51.1 Å². The summed E-state index contributed by atoms with van der Waals surface area (Å²) in [7, 11) is 0. The number of rotatable bonds is 1. The van der Waals surface area contributed by atoms with Crippen molar-refractivity contribution in [1.82, 2.24) is 0 Å². The fourth-order valence-electron chi connectivity index (χ4n) is 2.15. The molecule has 0 unspecified atom stereocenters. The Hall–Kier alpha value is -1.30. The van der Waals surface area contributed by atoms with Crippen LogP contribution < -0.4 is 0 Å². The zero-order valence-corrected chi connectivity index (χ0v) is 11.1. The molecule has 0 radical (unpaired) electrons. The van der Waals surface area contributed by atoms with Gasteiger partial charge in [-0.05, 0) is 47.7 Å². The van der Waals surface area contributed by atoms with Crippen molar-refractivity contribution in [1.29, 1.82) is 0 Å². The van der Waals surface area contributed by atoms with Gasteiger partial charge in [0, 0.05) is 0 Å². The van der Waals surface area contributed by atoms with Gasteiger partial charge in [0.05, 0.1) is 0 Å². The summed E-state index contributed by atoms with van der Waals surface area (Å²) in [5.41, 5.74) is 4.21. The summed E-state index contributed by atoms with van der Waals surface area (Å²) in [4.78, 5) is 0. The van der Waals surface area contributed by atoms with Crippen LogP contribution in [-0.2, 0) is 6.42 Å². The van der Waals surface area contributed by atoms with E-state index < -0.39 is 0 Å². The minimum Gasteiger partial charge on any atom is -0.0683 e. The molecule has 0 saturated heterocycles. The second kappa shape index (κ2) is 5.69. The zero-order valence-electron chi connectivity index (χ0n) is 11.1. The van der Waals surface area contributed by atoms with Gasteiger partial charge in [0.25, 0.3) is 0 Å². The van der Waals surface area contributed by atoms with E-state index in [1.54, 1.807) is 0 Å². The molecule has 0 atom stereocenters. The summed E-state index contributed by atoms with van der Waals surface area (Å²) < 4.78 is 0. The Morgan fingerprint density at radius 3 is 2.25 bits per heavy atom. The fraction of sp³-hybridized carbons (Fsp3) is 0.375. The highest BCUT2D eigenvalue weighted by molar-refractivity contribution is 5.89. The molecular formula is C16H22. The molecule has 0 fully saturated rings. The third-order valence-electron chi connectivity index (χ3n) is 2.85. The predicted octanol–water partition coefficient (Wildman–Crippen LogP) is 5.05. The topological polar surface area (TPSA) is 0 Å². The largest absolute Gasteiger partial charge is 0.0683 e. The lowest BCUT2D eigenvalue weighted by molar-refractivity contribution is 1.14. The average molecular weight is 214 g/mol. The maximum Gasteiger partial charge on any atom is -0.0125 e. The van der Waals surface area contributed by atoms with E-state index in [0.717, 1.165) is 6.42 Å². The normalized spacial score (nSPS) is 9.81. The van der Waals surface area contributed by atoms with E-state index in [1.807, 2.05) is 13.8 Å². The predicted molar refractivity (Wildman–Crippen MR) is 74.1 cm³/mol. The lowest BCUT2D eigenvalue weighted by atomic mass is 9.97.